The Balaban J connectivity index is 2.43. The third-order valence-corrected chi connectivity index (χ3v) is 3.42. The summed E-state index contributed by atoms with van der Waals surface area (Å²) < 4.78 is 0. The first-order valence-corrected chi connectivity index (χ1v) is 6.44. The first-order valence-electron chi connectivity index (χ1n) is 6.44. The van der Waals surface area contributed by atoms with Gasteiger partial charge in [0.1, 0.15) is 0 Å². The van der Waals surface area contributed by atoms with Crippen molar-refractivity contribution < 1.29 is 5.11 Å². The fourth-order valence-electron chi connectivity index (χ4n) is 2.50. The molecule has 0 fully saturated rings. The van der Waals surface area contributed by atoms with E-state index < -0.39 is 0 Å². The van der Waals surface area contributed by atoms with Crippen molar-refractivity contribution in [2.24, 2.45) is 0 Å². The topological polar surface area (TPSA) is 33.1 Å². The number of nitrogens with zero attached hydrogens (tertiary/aromatic N) is 1. The van der Waals surface area contributed by atoms with Crippen LogP contribution in [0.2, 0.25) is 0 Å². The van der Waals surface area contributed by atoms with Crippen LogP contribution in [0.15, 0.2) is 30.3 Å². The predicted octanol–water partition coefficient (Wildman–Crippen LogP) is 3.59. The van der Waals surface area contributed by atoms with Gasteiger partial charge < -0.3 is 5.11 Å². The molecule has 1 atom stereocenters. The number of benzene rings is 1. The van der Waals surface area contributed by atoms with Crippen LogP contribution in [0.4, 0.5) is 0 Å². The molecule has 0 aliphatic rings. The highest BCUT2D eigenvalue weighted by Crippen LogP contribution is 2.30. The van der Waals surface area contributed by atoms with E-state index in [0.717, 1.165) is 23.0 Å². The molecule has 0 saturated heterocycles. The van der Waals surface area contributed by atoms with E-state index in [1.165, 1.54) is 5.56 Å². The summed E-state index contributed by atoms with van der Waals surface area (Å²) in [5.41, 5.74) is 3.31. The third kappa shape index (κ3) is 2.70. The zero-order valence-electron chi connectivity index (χ0n) is 11.6. The monoisotopic (exact) mass is 243 g/mol. The van der Waals surface area contributed by atoms with Gasteiger partial charge in [-0.25, -0.2) is 0 Å². The van der Waals surface area contributed by atoms with Crippen LogP contribution in [0.5, 0.6) is 0 Å². The molecule has 0 spiro atoms. The van der Waals surface area contributed by atoms with Crippen LogP contribution in [0.1, 0.15) is 38.4 Å². The standard InChI is InChI=1S/C16H21NO/c1-11-5-6-13-9-14(7-8-15(13)17-11)16(3,4)10-12(2)18/h5-9,12,18H,10H2,1-4H3. The number of aryl methyl sites for hydroxylation is 1. The first kappa shape index (κ1) is 13.0. The van der Waals surface area contributed by atoms with Crippen LogP contribution >= 0.6 is 0 Å². The van der Waals surface area contributed by atoms with E-state index in [-0.39, 0.29) is 11.5 Å². The summed E-state index contributed by atoms with van der Waals surface area (Å²) in [6.45, 7) is 8.18. The Labute approximate surface area is 109 Å². The van der Waals surface area contributed by atoms with E-state index in [1.807, 2.05) is 19.9 Å². The summed E-state index contributed by atoms with van der Waals surface area (Å²) in [6.07, 6.45) is 0.476. The zero-order valence-corrected chi connectivity index (χ0v) is 11.6. The first-order chi connectivity index (χ1) is 8.38. The number of fused-ring (bicyclic) bond motifs is 1. The summed E-state index contributed by atoms with van der Waals surface area (Å²) in [6, 6.07) is 10.5. The normalized spacial score (nSPS) is 13.8. The highest BCUT2D eigenvalue weighted by molar-refractivity contribution is 5.79. The van der Waals surface area contributed by atoms with E-state index in [1.54, 1.807) is 0 Å². The number of hydrogen-bond donors (Lipinski definition) is 1. The van der Waals surface area contributed by atoms with Crippen LogP contribution in [0.3, 0.4) is 0 Å². The summed E-state index contributed by atoms with van der Waals surface area (Å²) >= 11 is 0. The summed E-state index contributed by atoms with van der Waals surface area (Å²) in [5.74, 6) is 0. The Morgan fingerprint density at radius 3 is 2.61 bits per heavy atom. The number of aliphatic hydroxyl groups excluding tert-OH is 1. The highest BCUT2D eigenvalue weighted by atomic mass is 16.3. The summed E-state index contributed by atoms with van der Waals surface area (Å²) in [4.78, 5) is 4.51. The van der Waals surface area contributed by atoms with Gasteiger partial charge in [-0.1, -0.05) is 26.0 Å². The lowest BCUT2D eigenvalue weighted by Gasteiger charge is -2.27. The molecule has 2 rings (SSSR count). The van der Waals surface area contributed by atoms with Crippen LogP contribution in [-0.2, 0) is 5.41 Å². The third-order valence-electron chi connectivity index (χ3n) is 3.42. The van der Waals surface area contributed by atoms with Gasteiger partial charge in [-0.15, -0.1) is 0 Å². The van der Waals surface area contributed by atoms with Crippen molar-refractivity contribution >= 4 is 10.9 Å². The molecule has 18 heavy (non-hydrogen) atoms. The molecular formula is C16H21NO. The van der Waals surface area contributed by atoms with Crippen LogP contribution < -0.4 is 0 Å². The molecule has 2 aromatic rings. The van der Waals surface area contributed by atoms with Crippen molar-refractivity contribution in [1.82, 2.24) is 4.98 Å². The van der Waals surface area contributed by atoms with E-state index >= 15 is 0 Å². The SMILES string of the molecule is Cc1ccc2cc(C(C)(C)CC(C)O)ccc2n1. The van der Waals surface area contributed by atoms with Gasteiger partial charge in [0.15, 0.2) is 0 Å². The van der Waals surface area contributed by atoms with Crippen molar-refractivity contribution in [3.63, 3.8) is 0 Å². The predicted molar refractivity (Wildman–Crippen MR) is 75.8 cm³/mol. The molecule has 1 aromatic heterocycles. The van der Waals surface area contributed by atoms with Crippen LogP contribution in [0, 0.1) is 6.92 Å². The molecule has 1 unspecified atom stereocenters. The van der Waals surface area contributed by atoms with Gasteiger partial charge in [0, 0.05) is 11.1 Å². The highest BCUT2D eigenvalue weighted by Gasteiger charge is 2.22. The number of aromatic nitrogens is 1. The quantitative estimate of drug-likeness (QED) is 0.893. The molecular weight excluding hydrogens is 222 g/mol. The Kier molecular flexibility index (Phi) is 3.40. The van der Waals surface area contributed by atoms with E-state index in [0.29, 0.717) is 0 Å². The van der Waals surface area contributed by atoms with Gasteiger partial charge in [-0.2, -0.15) is 0 Å². The number of hydrogen-bond acceptors (Lipinski definition) is 2. The summed E-state index contributed by atoms with van der Waals surface area (Å²) in [5, 5.41) is 10.8. The molecule has 1 N–H and O–H groups in total. The molecule has 0 amide bonds. The lowest BCUT2D eigenvalue weighted by atomic mass is 9.79. The molecule has 1 heterocycles. The number of aliphatic hydroxyl groups is 1. The lowest BCUT2D eigenvalue weighted by Crippen LogP contribution is -2.22. The molecule has 0 saturated carbocycles. The van der Waals surface area contributed by atoms with Crippen molar-refractivity contribution in [3.05, 3.63) is 41.6 Å². The molecule has 0 aliphatic carbocycles. The smallest absolute Gasteiger partial charge is 0.0705 e. The van der Waals surface area contributed by atoms with E-state index in [2.05, 4.69) is 43.1 Å². The van der Waals surface area contributed by atoms with Crippen molar-refractivity contribution in [1.29, 1.82) is 0 Å². The average molecular weight is 243 g/mol. The lowest BCUT2D eigenvalue weighted by molar-refractivity contribution is 0.157. The van der Waals surface area contributed by atoms with Crippen molar-refractivity contribution in [2.45, 2.75) is 45.6 Å². The maximum absolute atomic E-state index is 9.59. The second-order valence-electron chi connectivity index (χ2n) is 5.80. The molecule has 2 heteroatoms. The second kappa shape index (κ2) is 4.69. The zero-order chi connectivity index (χ0) is 13.3. The van der Waals surface area contributed by atoms with Crippen molar-refractivity contribution in [2.75, 3.05) is 0 Å². The fraction of sp³-hybridized carbons (Fsp3) is 0.438. The molecule has 96 valence electrons. The average Bonchev–Trinajstić information content (AvgIpc) is 2.26. The Bertz CT molecular complexity index is 558. The van der Waals surface area contributed by atoms with E-state index in [9.17, 15) is 5.11 Å². The maximum atomic E-state index is 9.59. The van der Waals surface area contributed by atoms with Gasteiger partial charge >= 0.3 is 0 Å². The van der Waals surface area contributed by atoms with Gasteiger partial charge in [0.25, 0.3) is 0 Å². The van der Waals surface area contributed by atoms with Gasteiger partial charge in [0.05, 0.1) is 11.6 Å². The Hall–Kier alpha value is -1.41. The van der Waals surface area contributed by atoms with E-state index in [4.69, 9.17) is 0 Å². The Morgan fingerprint density at radius 1 is 1.22 bits per heavy atom. The van der Waals surface area contributed by atoms with Gasteiger partial charge in [0.2, 0.25) is 0 Å². The number of rotatable bonds is 3. The Morgan fingerprint density at radius 2 is 1.94 bits per heavy atom. The minimum atomic E-state index is -0.285. The maximum Gasteiger partial charge on any atom is 0.0705 e. The molecule has 2 nitrogen and oxygen atoms in total. The molecule has 0 aliphatic heterocycles. The molecule has 0 bridgehead atoms. The van der Waals surface area contributed by atoms with Crippen LogP contribution in [-0.4, -0.2) is 16.2 Å². The minimum Gasteiger partial charge on any atom is -0.393 e. The fourth-order valence-corrected chi connectivity index (χ4v) is 2.50. The molecule has 0 radical (unpaired) electrons. The number of pyridine rings is 1. The second-order valence-corrected chi connectivity index (χ2v) is 5.80. The summed E-state index contributed by atoms with van der Waals surface area (Å²) in [7, 11) is 0. The van der Waals surface area contributed by atoms with Gasteiger partial charge in [-0.3, -0.25) is 4.98 Å². The molecule has 1 aromatic carbocycles. The van der Waals surface area contributed by atoms with Gasteiger partial charge in [-0.05, 0) is 49.4 Å². The van der Waals surface area contributed by atoms with Crippen LogP contribution in [0.25, 0.3) is 10.9 Å². The minimum absolute atomic E-state index is 0.0206. The largest absolute Gasteiger partial charge is 0.393 e. The van der Waals surface area contributed by atoms with Crippen molar-refractivity contribution in [3.8, 4) is 0 Å².